The number of carbonyl (C=O) groups excluding carboxylic acids is 1. The number of nitrogens with one attached hydrogen (secondary N) is 1. The van der Waals surface area contributed by atoms with Crippen molar-refractivity contribution in [3.8, 4) is 17.1 Å². The van der Waals surface area contributed by atoms with Crippen LogP contribution in [0.2, 0.25) is 0 Å². The quantitative estimate of drug-likeness (QED) is 0.669. The minimum absolute atomic E-state index is 0.153. The molecule has 0 aliphatic heterocycles. The predicted molar refractivity (Wildman–Crippen MR) is 94.2 cm³/mol. The summed E-state index contributed by atoms with van der Waals surface area (Å²) in [7, 11) is 1.57. The SMILES string of the molecule is COc1cccc(NC(=O)CSc2ncc(-c3ccc(F)cc3)o2)c1. The fourth-order valence-electron chi connectivity index (χ4n) is 2.10. The van der Waals surface area contributed by atoms with Crippen LogP contribution in [0, 0.1) is 5.82 Å². The van der Waals surface area contributed by atoms with E-state index in [0.717, 1.165) is 5.56 Å². The maximum Gasteiger partial charge on any atom is 0.256 e. The molecule has 0 radical (unpaired) electrons. The molecule has 1 heterocycles. The van der Waals surface area contributed by atoms with E-state index in [1.165, 1.54) is 23.9 Å². The van der Waals surface area contributed by atoms with Crippen molar-refractivity contribution in [2.75, 3.05) is 18.2 Å². The van der Waals surface area contributed by atoms with E-state index in [4.69, 9.17) is 9.15 Å². The molecule has 3 rings (SSSR count). The number of hydrogen-bond acceptors (Lipinski definition) is 5. The molecule has 0 saturated heterocycles. The highest BCUT2D eigenvalue weighted by atomic mass is 32.2. The summed E-state index contributed by atoms with van der Waals surface area (Å²) in [4.78, 5) is 16.1. The minimum Gasteiger partial charge on any atom is -0.497 e. The molecule has 2 aromatic carbocycles. The van der Waals surface area contributed by atoms with E-state index < -0.39 is 0 Å². The molecular weight excluding hydrogens is 343 g/mol. The first-order valence-corrected chi connectivity index (χ1v) is 8.41. The first kappa shape index (κ1) is 17.0. The minimum atomic E-state index is -0.313. The number of nitrogens with zero attached hydrogens (tertiary/aromatic N) is 1. The maximum atomic E-state index is 12.9. The standard InChI is InChI=1S/C18H15FN2O3S/c1-23-15-4-2-3-14(9-15)21-17(22)11-25-18-20-10-16(24-18)12-5-7-13(19)8-6-12/h2-10H,11H2,1H3,(H,21,22). The summed E-state index contributed by atoms with van der Waals surface area (Å²) >= 11 is 1.18. The summed E-state index contributed by atoms with van der Waals surface area (Å²) < 4.78 is 23.6. The average molecular weight is 358 g/mol. The van der Waals surface area contributed by atoms with Crippen molar-refractivity contribution in [3.05, 3.63) is 60.5 Å². The molecule has 1 N–H and O–H groups in total. The van der Waals surface area contributed by atoms with E-state index in [0.29, 0.717) is 22.4 Å². The van der Waals surface area contributed by atoms with Gasteiger partial charge in [-0.2, -0.15) is 0 Å². The van der Waals surface area contributed by atoms with Gasteiger partial charge in [0.25, 0.3) is 5.22 Å². The van der Waals surface area contributed by atoms with E-state index >= 15 is 0 Å². The fourth-order valence-corrected chi connectivity index (χ4v) is 2.70. The molecule has 1 amide bonds. The Morgan fingerprint density at radius 3 is 2.84 bits per heavy atom. The lowest BCUT2D eigenvalue weighted by Gasteiger charge is -2.06. The van der Waals surface area contributed by atoms with E-state index in [-0.39, 0.29) is 17.5 Å². The van der Waals surface area contributed by atoms with Crippen LogP contribution in [0.5, 0.6) is 5.75 Å². The maximum absolute atomic E-state index is 12.9. The molecule has 3 aromatic rings. The number of oxazole rings is 1. The second-order valence-electron chi connectivity index (χ2n) is 5.07. The molecule has 0 fully saturated rings. The number of halogens is 1. The number of hydrogen-bond donors (Lipinski definition) is 1. The smallest absolute Gasteiger partial charge is 0.256 e. The lowest BCUT2D eigenvalue weighted by Crippen LogP contribution is -2.13. The molecule has 0 aliphatic rings. The number of methoxy groups -OCH3 is 1. The van der Waals surface area contributed by atoms with Gasteiger partial charge in [0.15, 0.2) is 5.76 Å². The van der Waals surface area contributed by atoms with E-state index in [1.54, 1.807) is 49.7 Å². The number of rotatable bonds is 6. The molecule has 7 heteroatoms. The Morgan fingerprint density at radius 2 is 2.08 bits per heavy atom. The Balaban J connectivity index is 1.56. The van der Waals surface area contributed by atoms with Gasteiger partial charge in [-0.05, 0) is 36.4 Å². The van der Waals surface area contributed by atoms with Gasteiger partial charge < -0.3 is 14.5 Å². The zero-order valence-corrected chi connectivity index (χ0v) is 14.2. The Hall–Kier alpha value is -2.80. The molecule has 0 unspecified atom stereocenters. The van der Waals surface area contributed by atoms with Gasteiger partial charge in [-0.15, -0.1) is 0 Å². The lowest BCUT2D eigenvalue weighted by molar-refractivity contribution is -0.113. The van der Waals surface area contributed by atoms with Crippen molar-refractivity contribution < 1.29 is 18.3 Å². The number of aromatic nitrogens is 1. The second kappa shape index (κ2) is 7.85. The molecule has 0 bridgehead atoms. The molecular formula is C18H15FN2O3S. The molecule has 25 heavy (non-hydrogen) atoms. The Morgan fingerprint density at radius 1 is 1.28 bits per heavy atom. The van der Waals surface area contributed by atoms with Crippen molar-refractivity contribution in [3.63, 3.8) is 0 Å². The molecule has 1 aromatic heterocycles. The van der Waals surface area contributed by atoms with Gasteiger partial charge in [-0.1, -0.05) is 17.8 Å². The Bertz CT molecular complexity index is 865. The van der Waals surface area contributed by atoms with Gasteiger partial charge in [-0.3, -0.25) is 4.79 Å². The first-order chi connectivity index (χ1) is 12.1. The third kappa shape index (κ3) is 4.60. The number of benzene rings is 2. The molecule has 0 aliphatic carbocycles. The van der Waals surface area contributed by atoms with Crippen molar-refractivity contribution in [2.24, 2.45) is 0 Å². The van der Waals surface area contributed by atoms with Crippen LogP contribution in [0.1, 0.15) is 0 Å². The van der Waals surface area contributed by atoms with Crippen LogP contribution in [0.4, 0.5) is 10.1 Å². The number of anilines is 1. The third-order valence-corrected chi connectivity index (χ3v) is 4.14. The van der Waals surface area contributed by atoms with Crippen molar-refractivity contribution in [1.82, 2.24) is 4.98 Å². The largest absolute Gasteiger partial charge is 0.497 e. The van der Waals surface area contributed by atoms with Gasteiger partial charge in [0, 0.05) is 17.3 Å². The Labute approximate surface area is 148 Å². The predicted octanol–water partition coefficient (Wildman–Crippen LogP) is 4.22. The summed E-state index contributed by atoms with van der Waals surface area (Å²) in [6.07, 6.45) is 1.55. The second-order valence-corrected chi connectivity index (χ2v) is 5.99. The van der Waals surface area contributed by atoms with Crippen LogP contribution in [0.15, 0.2) is 64.4 Å². The highest BCUT2D eigenvalue weighted by Crippen LogP contribution is 2.26. The summed E-state index contributed by atoms with van der Waals surface area (Å²) in [6, 6.07) is 13.0. The molecule has 128 valence electrons. The van der Waals surface area contributed by atoms with Crippen molar-refractivity contribution >= 4 is 23.4 Å². The third-order valence-electron chi connectivity index (χ3n) is 3.29. The van der Waals surface area contributed by atoms with E-state index in [1.807, 2.05) is 0 Å². The van der Waals surface area contributed by atoms with Gasteiger partial charge in [-0.25, -0.2) is 9.37 Å². The molecule has 0 spiro atoms. The summed E-state index contributed by atoms with van der Waals surface area (Å²) in [6.45, 7) is 0. The van der Waals surface area contributed by atoms with Crippen LogP contribution in [0.25, 0.3) is 11.3 Å². The molecule has 5 nitrogen and oxygen atoms in total. The monoisotopic (exact) mass is 358 g/mol. The average Bonchev–Trinajstić information content (AvgIpc) is 3.10. The number of thioether (sulfide) groups is 1. The molecule has 0 saturated carbocycles. The molecule has 0 atom stereocenters. The van der Waals surface area contributed by atoms with Crippen molar-refractivity contribution in [2.45, 2.75) is 5.22 Å². The van der Waals surface area contributed by atoms with Gasteiger partial charge >= 0.3 is 0 Å². The van der Waals surface area contributed by atoms with Crippen LogP contribution in [0.3, 0.4) is 0 Å². The Kier molecular flexibility index (Phi) is 5.35. The normalized spacial score (nSPS) is 10.5. The van der Waals surface area contributed by atoms with E-state index in [2.05, 4.69) is 10.3 Å². The number of carbonyl (C=O) groups is 1. The van der Waals surface area contributed by atoms with E-state index in [9.17, 15) is 9.18 Å². The number of ether oxygens (including phenoxy) is 1. The van der Waals surface area contributed by atoms with Gasteiger partial charge in [0.05, 0.1) is 19.1 Å². The highest BCUT2D eigenvalue weighted by molar-refractivity contribution is 7.99. The van der Waals surface area contributed by atoms with Gasteiger partial charge in [0.1, 0.15) is 11.6 Å². The topological polar surface area (TPSA) is 64.4 Å². The highest BCUT2D eigenvalue weighted by Gasteiger charge is 2.10. The fraction of sp³-hybridized carbons (Fsp3) is 0.111. The lowest BCUT2D eigenvalue weighted by atomic mass is 10.2. The van der Waals surface area contributed by atoms with Crippen molar-refractivity contribution in [1.29, 1.82) is 0 Å². The first-order valence-electron chi connectivity index (χ1n) is 7.42. The van der Waals surface area contributed by atoms with Crippen LogP contribution < -0.4 is 10.1 Å². The van der Waals surface area contributed by atoms with Crippen LogP contribution in [-0.4, -0.2) is 23.8 Å². The summed E-state index contributed by atoms with van der Waals surface area (Å²) in [5.41, 5.74) is 1.38. The van der Waals surface area contributed by atoms with Crippen LogP contribution >= 0.6 is 11.8 Å². The number of amides is 1. The zero-order chi connectivity index (χ0) is 17.6. The summed E-state index contributed by atoms with van der Waals surface area (Å²) in [5.74, 6) is 0.852. The van der Waals surface area contributed by atoms with Crippen LogP contribution in [-0.2, 0) is 4.79 Å². The summed E-state index contributed by atoms with van der Waals surface area (Å²) in [5, 5.41) is 3.16. The zero-order valence-electron chi connectivity index (χ0n) is 13.4. The van der Waals surface area contributed by atoms with Gasteiger partial charge in [0.2, 0.25) is 5.91 Å².